The van der Waals surface area contributed by atoms with E-state index in [1.807, 2.05) is 5.32 Å². The molecule has 0 aliphatic rings. The molecule has 6 nitrogen and oxygen atoms in total. The number of nitrogens with one attached hydrogen (secondary N) is 2. The van der Waals surface area contributed by atoms with Crippen molar-refractivity contribution in [3.8, 4) is 5.75 Å². The van der Waals surface area contributed by atoms with Crippen LogP contribution in [0.4, 0.5) is 50.0 Å². The van der Waals surface area contributed by atoms with Crippen LogP contribution >= 0.6 is 11.6 Å². The average Bonchev–Trinajstić information content (AvgIpc) is 2.68. The molecule has 0 spiro atoms. The molecule has 0 aliphatic carbocycles. The second kappa shape index (κ2) is 9.97. The van der Waals surface area contributed by atoms with Gasteiger partial charge in [-0.15, -0.1) is 0 Å². The molecule has 186 valence electrons. The normalized spacial score (nSPS) is 13.2. The lowest BCUT2D eigenvalue weighted by atomic mass is 10.2. The fourth-order valence-electron chi connectivity index (χ4n) is 2.10. The highest BCUT2D eigenvalue weighted by atomic mass is 35.5. The van der Waals surface area contributed by atoms with E-state index in [1.54, 1.807) is 5.32 Å². The largest absolute Gasteiger partial charge is 0.483 e. The van der Waals surface area contributed by atoms with Crippen LogP contribution in [0.25, 0.3) is 0 Å². The molecule has 0 saturated carbocycles. The maximum absolute atomic E-state index is 14.1. The van der Waals surface area contributed by atoms with Crippen molar-refractivity contribution in [1.29, 1.82) is 0 Å². The topological polar surface area (TPSA) is 76.7 Å². The van der Waals surface area contributed by atoms with E-state index in [0.717, 1.165) is 0 Å². The Morgan fingerprint density at radius 3 is 2.15 bits per heavy atom. The zero-order valence-electron chi connectivity index (χ0n) is 16.0. The Labute approximate surface area is 188 Å². The first-order valence-electron chi connectivity index (χ1n) is 8.53. The van der Waals surface area contributed by atoms with E-state index >= 15 is 0 Å². The van der Waals surface area contributed by atoms with Crippen LogP contribution in [0.5, 0.6) is 5.75 Å². The van der Waals surface area contributed by atoms with Gasteiger partial charge in [-0.1, -0.05) is 23.7 Å². The van der Waals surface area contributed by atoms with E-state index in [9.17, 15) is 49.1 Å². The number of halogens is 10. The zero-order chi connectivity index (χ0) is 25.9. The lowest BCUT2D eigenvalue weighted by Gasteiger charge is -2.26. The summed E-state index contributed by atoms with van der Waals surface area (Å²) in [7, 11) is 0. The summed E-state index contributed by atoms with van der Waals surface area (Å²) in [6, 6.07) is 5.45. The smallest absolute Gasteiger partial charge is 0.428 e. The highest BCUT2D eigenvalue weighted by molar-refractivity contribution is 6.34. The first kappa shape index (κ1) is 27.0. The van der Waals surface area contributed by atoms with Gasteiger partial charge >= 0.3 is 30.8 Å². The number of benzene rings is 2. The van der Waals surface area contributed by atoms with E-state index < -0.39 is 53.9 Å². The first-order chi connectivity index (χ1) is 15.5. The van der Waals surface area contributed by atoms with Gasteiger partial charge < -0.3 is 10.1 Å². The molecule has 0 fully saturated rings. The summed E-state index contributed by atoms with van der Waals surface area (Å²) in [4.78, 5) is 23.8. The number of hydrogen-bond acceptors (Lipinski definition) is 4. The zero-order valence-corrected chi connectivity index (χ0v) is 16.8. The number of hydrogen-bond donors (Lipinski definition) is 2. The third-order valence-corrected chi connectivity index (χ3v) is 3.96. The van der Waals surface area contributed by atoms with Gasteiger partial charge in [0, 0.05) is 6.07 Å². The molecule has 0 bridgehead atoms. The molecule has 1 unspecified atom stereocenters. The Morgan fingerprint density at radius 2 is 1.59 bits per heavy atom. The van der Waals surface area contributed by atoms with Crippen LogP contribution in [0.15, 0.2) is 42.5 Å². The summed E-state index contributed by atoms with van der Waals surface area (Å²) in [6.07, 6.45) is -22.8. The van der Waals surface area contributed by atoms with Crippen LogP contribution in [-0.4, -0.2) is 36.7 Å². The minimum atomic E-state index is -6.50. The SMILES string of the molecule is O=C(NC(=O)c1ccccc1Cl)Nc1ccc(OC(F)(F)C(F)OC(F)(F)C(F)(F)F)cc1F. The molecular formula is C18H10ClF9N2O4. The summed E-state index contributed by atoms with van der Waals surface area (Å²) >= 11 is 5.78. The molecule has 0 aromatic heterocycles. The van der Waals surface area contributed by atoms with Crippen LogP contribution in [-0.2, 0) is 4.74 Å². The van der Waals surface area contributed by atoms with E-state index in [0.29, 0.717) is 12.1 Å². The van der Waals surface area contributed by atoms with Crippen LogP contribution in [0, 0.1) is 5.82 Å². The van der Waals surface area contributed by atoms with E-state index in [4.69, 9.17) is 11.6 Å². The quantitative estimate of drug-likeness (QED) is 0.444. The van der Waals surface area contributed by atoms with E-state index in [1.165, 1.54) is 24.3 Å². The molecule has 3 amide bonds. The number of ether oxygens (including phenoxy) is 2. The number of rotatable bonds is 7. The predicted molar refractivity (Wildman–Crippen MR) is 96.9 cm³/mol. The van der Waals surface area contributed by atoms with Crippen molar-refractivity contribution in [2.45, 2.75) is 24.8 Å². The Kier molecular flexibility index (Phi) is 7.93. The molecule has 2 rings (SSSR count). The third-order valence-electron chi connectivity index (χ3n) is 3.63. The van der Waals surface area contributed by atoms with Crippen molar-refractivity contribution in [2.24, 2.45) is 0 Å². The van der Waals surface area contributed by atoms with Gasteiger partial charge in [-0.2, -0.15) is 30.7 Å². The van der Waals surface area contributed by atoms with Crippen molar-refractivity contribution in [2.75, 3.05) is 5.32 Å². The monoisotopic (exact) mass is 524 g/mol. The van der Waals surface area contributed by atoms with Crippen molar-refractivity contribution >= 4 is 29.2 Å². The Bertz CT molecular complexity index is 1070. The van der Waals surface area contributed by atoms with E-state index in [2.05, 4.69) is 9.47 Å². The molecule has 0 saturated heterocycles. The van der Waals surface area contributed by atoms with Gasteiger partial charge in [0.2, 0.25) is 0 Å². The Hall–Kier alpha value is -3.20. The van der Waals surface area contributed by atoms with Gasteiger partial charge in [-0.25, -0.2) is 13.6 Å². The summed E-state index contributed by atoms with van der Waals surface area (Å²) in [5.41, 5.74) is -0.818. The van der Waals surface area contributed by atoms with Gasteiger partial charge in [0.15, 0.2) is 0 Å². The van der Waals surface area contributed by atoms with Gasteiger partial charge in [-0.3, -0.25) is 14.8 Å². The molecule has 0 heterocycles. The maximum atomic E-state index is 14.1. The Morgan fingerprint density at radius 1 is 0.971 bits per heavy atom. The third kappa shape index (κ3) is 6.66. The van der Waals surface area contributed by atoms with Crippen LogP contribution in [0.1, 0.15) is 10.4 Å². The number of urea groups is 1. The molecule has 2 N–H and O–H groups in total. The molecule has 34 heavy (non-hydrogen) atoms. The van der Waals surface area contributed by atoms with Crippen molar-refractivity contribution in [3.63, 3.8) is 0 Å². The van der Waals surface area contributed by atoms with Gasteiger partial charge in [0.05, 0.1) is 16.3 Å². The summed E-state index contributed by atoms with van der Waals surface area (Å²) < 4.78 is 122. The second-order valence-corrected chi connectivity index (χ2v) is 6.55. The predicted octanol–water partition coefficient (Wildman–Crippen LogP) is 5.88. The van der Waals surface area contributed by atoms with E-state index in [-0.39, 0.29) is 16.7 Å². The number of carbonyl (C=O) groups excluding carboxylic acids is 2. The lowest BCUT2D eigenvalue weighted by Crippen LogP contribution is -2.48. The number of imide groups is 1. The highest BCUT2D eigenvalue weighted by Crippen LogP contribution is 2.40. The number of alkyl halides is 8. The molecular weight excluding hydrogens is 515 g/mol. The van der Waals surface area contributed by atoms with Gasteiger partial charge in [0.25, 0.3) is 5.91 Å². The highest BCUT2D eigenvalue weighted by Gasteiger charge is 2.64. The summed E-state index contributed by atoms with van der Waals surface area (Å²) in [5.74, 6) is -3.71. The fraction of sp³-hybridized carbons (Fsp3) is 0.222. The molecule has 0 aliphatic heterocycles. The molecule has 1 atom stereocenters. The van der Waals surface area contributed by atoms with Crippen molar-refractivity contribution < 1.29 is 58.6 Å². The molecule has 2 aromatic carbocycles. The number of anilines is 1. The minimum absolute atomic E-state index is 0.00967. The lowest BCUT2D eigenvalue weighted by molar-refractivity contribution is -0.442. The van der Waals surface area contributed by atoms with Gasteiger partial charge in [-0.05, 0) is 24.3 Å². The average molecular weight is 525 g/mol. The van der Waals surface area contributed by atoms with Crippen molar-refractivity contribution in [1.82, 2.24) is 5.32 Å². The minimum Gasteiger partial charge on any atom is -0.428 e. The standard InChI is InChI=1S/C18H10ClF9N2O4/c19-10-4-2-1-3-9(10)13(31)30-15(32)29-12-6-5-8(7-11(12)20)33-16(22,23)14(21)34-18(27,28)17(24,25)26/h1-7,14H,(H2,29,30,31,32). The van der Waals surface area contributed by atoms with Crippen LogP contribution < -0.4 is 15.4 Å². The second-order valence-electron chi connectivity index (χ2n) is 6.14. The van der Waals surface area contributed by atoms with Crippen LogP contribution in [0.2, 0.25) is 5.02 Å². The fourth-order valence-corrected chi connectivity index (χ4v) is 2.32. The maximum Gasteiger partial charge on any atom is 0.483 e. The molecule has 2 aromatic rings. The van der Waals surface area contributed by atoms with Gasteiger partial charge in [0.1, 0.15) is 11.6 Å². The molecule has 16 heteroatoms. The van der Waals surface area contributed by atoms with Crippen LogP contribution in [0.3, 0.4) is 0 Å². The Balaban J connectivity index is 2.04. The summed E-state index contributed by atoms with van der Waals surface area (Å²) in [6.45, 7) is 0. The number of carbonyl (C=O) groups is 2. The van der Waals surface area contributed by atoms with Crippen molar-refractivity contribution in [3.05, 3.63) is 58.9 Å². The number of amides is 3. The summed E-state index contributed by atoms with van der Waals surface area (Å²) in [5, 5.41) is 3.62. The first-order valence-corrected chi connectivity index (χ1v) is 8.91. The molecule has 0 radical (unpaired) electrons.